The smallest absolute Gasteiger partial charge is 0.420 e. The van der Waals surface area contributed by atoms with Crippen molar-refractivity contribution in [2.75, 3.05) is 5.32 Å². The summed E-state index contributed by atoms with van der Waals surface area (Å²) < 4.78 is 45.6. The molecule has 0 bridgehead atoms. The van der Waals surface area contributed by atoms with E-state index < -0.39 is 34.9 Å². The van der Waals surface area contributed by atoms with Crippen molar-refractivity contribution in [1.82, 2.24) is 0 Å². The summed E-state index contributed by atoms with van der Waals surface area (Å²) in [7, 11) is 0. The monoisotopic (exact) mass is 453 g/mol. The lowest BCUT2D eigenvalue weighted by molar-refractivity contribution is -0.138. The molecule has 0 radical (unpaired) electrons. The molecule has 4 nitrogen and oxygen atoms in total. The van der Waals surface area contributed by atoms with Gasteiger partial charge in [0.15, 0.2) is 5.75 Å². The average Bonchev–Trinajstić information content (AvgIpc) is 2.69. The van der Waals surface area contributed by atoms with Crippen LogP contribution in [-0.4, -0.2) is 11.9 Å². The second-order valence-corrected chi connectivity index (χ2v) is 6.85. The highest BCUT2D eigenvalue weighted by Crippen LogP contribution is 2.39. The van der Waals surface area contributed by atoms with Crippen molar-refractivity contribution in [2.24, 2.45) is 0 Å². The number of benzene rings is 3. The Bertz CT molecular complexity index is 1100. The first-order chi connectivity index (χ1) is 14.2. The zero-order chi connectivity index (χ0) is 21.9. The van der Waals surface area contributed by atoms with Gasteiger partial charge in [0.25, 0.3) is 5.91 Å². The molecule has 9 heteroatoms. The molecule has 0 aliphatic heterocycles. The zero-order valence-electron chi connectivity index (χ0n) is 15.0. The van der Waals surface area contributed by atoms with Gasteiger partial charge in [0.2, 0.25) is 0 Å². The molecule has 3 rings (SSSR count). The van der Waals surface area contributed by atoms with Gasteiger partial charge in [-0.2, -0.15) is 13.2 Å². The van der Waals surface area contributed by atoms with Gasteiger partial charge in [-0.15, -0.1) is 0 Å². The Morgan fingerprint density at radius 1 is 0.867 bits per heavy atom. The first-order valence-electron chi connectivity index (χ1n) is 8.40. The maximum Gasteiger partial charge on any atom is 0.420 e. The maximum atomic E-state index is 13.5. The maximum absolute atomic E-state index is 13.5. The number of nitrogens with one attached hydrogen (secondary N) is 1. The van der Waals surface area contributed by atoms with Crippen molar-refractivity contribution < 1.29 is 27.5 Å². The van der Waals surface area contributed by atoms with Gasteiger partial charge in [-0.05, 0) is 48.5 Å². The van der Waals surface area contributed by atoms with E-state index in [0.29, 0.717) is 5.02 Å². The number of para-hydroxylation sites is 2. The van der Waals surface area contributed by atoms with Crippen molar-refractivity contribution in [1.29, 1.82) is 0 Å². The van der Waals surface area contributed by atoms with Gasteiger partial charge in [0.1, 0.15) is 0 Å². The minimum atomic E-state index is -4.86. The molecule has 0 saturated heterocycles. The van der Waals surface area contributed by atoms with Gasteiger partial charge in [0.05, 0.1) is 27.4 Å². The van der Waals surface area contributed by atoms with Crippen LogP contribution in [0.3, 0.4) is 0 Å². The van der Waals surface area contributed by atoms with E-state index in [1.807, 2.05) is 0 Å². The number of hydrogen-bond donors (Lipinski definition) is 1. The van der Waals surface area contributed by atoms with Crippen LogP contribution in [0.2, 0.25) is 10.0 Å². The Hall–Kier alpha value is -3.03. The van der Waals surface area contributed by atoms with Crippen LogP contribution in [0.4, 0.5) is 18.9 Å². The molecule has 0 spiro atoms. The van der Waals surface area contributed by atoms with Crippen LogP contribution in [0.25, 0.3) is 0 Å². The van der Waals surface area contributed by atoms with Gasteiger partial charge < -0.3 is 10.1 Å². The highest BCUT2D eigenvalue weighted by Gasteiger charge is 2.37. The molecule has 154 valence electrons. The minimum Gasteiger partial charge on any atom is -0.421 e. The summed E-state index contributed by atoms with van der Waals surface area (Å²) >= 11 is 11.7. The SMILES string of the molecule is O=C(Oc1c(C(=O)Nc2ccccc2Cl)cccc1C(F)(F)F)c1ccc(Cl)cc1. The van der Waals surface area contributed by atoms with E-state index in [0.717, 1.165) is 18.2 Å². The summed E-state index contributed by atoms with van der Waals surface area (Å²) in [6, 6.07) is 14.5. The quantitative estimate of drug-likeness (QED) is 0.363. The number of ether oxygens (including phenoxy) is 1. The Morgan fingerprint density at radius 2 is 1.53 bits per heavy atom. The number of hydrogen-bond acceptors (Lipinski definition) is 3. The van der Waals surface area contributed by atoms with Crippen molar-refractivity contribution >= 4 is 40.8 Å². The minimum absolute atomic E-state index is 0.0335. The normalized spacial score (nSPS) is 11.1. The summed E-state index contributed by atoms with van der Waals surface area (Å²) in [4.78, 5) is 25.1. The van der Waals surface area contributed by atoms with E-state index >= 15 is 0 Å². The van der Waals surface area contributed by atoms with Crippen molar-refractivity contribution in [2.45, 2.75) is 6.18 Å². The molecule has 0 atom stereocenters. The average molecular weight is 454 g/mol. The lowest BCUT2D eigenvalue weighted by Crippen LogP contribution is -2.20. The number of rotatable bonds is 4. The molecule has 30 heavy (non-hydrogen) atoms. The summed E-state index contributed by atoms with van der Waals surface area (Å²) in [5.74, 6) is -2.90. The van der Waals surface area contributed by atoms with E-state index in [-0.39, 0.29) is 16.3 Å². The van der Waals surface area contributed by atoms with E-state index in [1.165, 1.54) is 36.4 Å². The first-order valence-corrected chi connectivity index (χ1v) is 9.16. The van der Waals surface area contributed by atoms with Crippen LogP contribution in [0.1, 0.15) is 26.3 Å². The van der Waals surface area contributed by atoms with Crippen LogP contribution in [0.5, 0.6) is 5.75 Å². The third kappa shape index (κ3) is 4.93. The van der Waals surface area contributed by atoms with Gasteiger partial charge in [0, 0.05) is 5.02 Å². The topological polar surface area (TPSA) is 55.4 Å². The number of amides is 1. The molecule has 0 unspecified atom stereocenters. The third-order valence-electron chi connectivity index (χ3n) is 3.96. The number of carbonyl (C=O) groups is 2. The molecule has 1 amide bonds. The number of carbonyl (C=O) groups excluding carboxylic acids is 2. The fraction of sp³-hybridized carbons (Fsp3) is 0.0476. The molecule has 0 aromatic heterocycles. The molecule has 0 aliphatic carbocycles. The molecular formula is C21H12Cl2F3NO3. The number of alkyl halides is 3. The molecule has 3 aromatic carbocycles. The summed E-state index contributed by atoms with van der Waals surface area (Å²) in [6.45, 7) is 0. The highest BCUT2D eigenvalue weighted by atomic mass is 35.5. The van der Waals surface area contributed by atoms with Gasteiger partial charge in [-0.1, -0.05) is 41.4 Å². The van der Waals surface area contributed by atoms with Crippen molar-refractivity contribution in [3.8, 4) is 5.75 Å². The Balaban J connectivity index is 2.01. The van der Waals surface area contributed by atoms with Crippen molar-refractivity contribution in [3.63, 3.8) is 0 Å². The fourth-order valence-corrected chi connectivity index (χ4v) is 2.85. The van der Waals surface area contributed by atoms with E-state index in [2.05, 4.69) is 5.32 Å². The molecule has 0 fully saturated rings. The standard InChI is InChI=1S/C21H12Cl2F3NO3/c22-13-10-8-12(9-11-13)20(29)30-18-14(4-3-5-15(18)21(24,25)26)19(28)27-17-7-2-1-6-16(17)23/h1-11H,(H,27,28). The zero-order valence-corrected chi connectivity index (χ0v) is 16.5. The summed E-state index contributed by atoms with van der Waals surface area (Å²) in [5.41, 5.74) is -1.59. The predicted octanol–water partition coefficient (Wildman–Crippen LogP) is 6.48. The van der Waals surface area contributed by atoms with Gasteiger partial charge >= 0.3 is 12.1 Å². The third-order valence-corrected chi connectivity index (χ3v) is 4.54. The fourth-order valence-electron chi connectivity index (χ4n) is 2.54. The lowest BCUT2D eigenvalue weighted by atomic mass is 10.1. The molecular weight excluding hydrogens is 442 g/mol. The molecule has 0 saturated carbocycles. The number of esters is 1. The molecule has 0 aliphatic rings. The van der Waals surface area contributed by atoms with Crippen LogP contribution >= 0.6 is 23.2 Å². The molecule has 1 N–H and O–H groups in total. The van der Waals surface area contributed by atoms with Gasteiger partial charge in [-0.25, -0.2) is 4.79 Å². The Kier molecular flexibility index (Phi) is 6.34. The summed E-state index contributed by atoms with van der Waals surface area (Å²) in [5, 5.41) is 2.95. The van der Waals surface area contributed by atoms with Crippen LogP contribution in [-0.2, 0) is 6.18 Å². The van der Waals surface area contributed by atoms with Crippen molar-refractivity contribution in [3.05, 3.63) is 93.5 Å². The number of halogens is 5. The van der Waals surface area contributed by atoms with Crippen LogP contribution in [0.15, 0.2) is 66.7 Å². The highest BCUT2D eigenvalue weighted by molar-refractivity contribution is 6.34. The van der Waals surface area contributed by atoms with E-state index in [4.69, 9.17) is 27.9 Å². The Labute approximate surface area is 179 Å². The summed E-state index contributed by atoms with van der Waals surface area (Å²) in [6.07, 6.45) is -4.86. The largest absolute Gasteiger partial charge is 0.421 e. The number of anilines is 1. The van der Waals surface area contributed by atoms with Crippen LogP contribution in [0, 0.1) is 0 Å². The second kappa shape index (κ2) is 8.77. The van der Waals surface area contributed by atoms with Crippen LogP contribution < -0.4 is 10.1 Å². The predicted molar refractivity (Wildman–Crippen MR) is 107 cm³/mol. The second-order valence-electron chi connectivity index (χ2n) is 6.01. The van der Waals surface area contributed by atoms with E-state index in [1.54, 1.807) is 12.1 Å². The Morgan fingerprint density at radius 3 is 2.17 bits per heavy atom. The molecule has 3 aromatic rings. The van der Waals surface area contributed by atoms with Gasteiger partial charge in [-0.3, -0.25) is 4.79 Å². The van der Waals surface area contributed by atoms with E-state index in [9.17, 15) is 22.8 Å². The molecule has 0 heterocycles. The first kappa shape index (κ1) is 21.7. The lowest BCUT2D eigenvalue weighted by Gasteiger charge is -2.17.